The van der Waals surface area contributed by atoms with Gasteiger partial charge in [-0.3, -0.25) is 0 Å². The van der Waals surface area contributed by atoms with Crippen molar-refractivity contribution in [3.8, 4) is 5.88 Å². The molecule has 1 aromatic heterocycles. The minimum Gasteiger partial charge on any atom is -0.477 e. The van der Waals surface area contributed by atoms with Gasteiger partial charge in [0.2, 0.25) is 5.88 Å². The molecule has 0 aromatic carbocycles. The lowest BCUT2D eigenvalue weighted by Crippen LogP contribution is -2.17. The van der Waals surface area contributed by atoms with Crippen molar-refractivity contribution in [2.45, 2.75) is 52.2 Å². The normalized spacial score (nSPS) is 15.8. The second-order valence-corrected chi connectivity index (χ2v) is 5.77. The SMILES string of the molecule is COCc1nc(NC2CCCC2)cc(OCC(C)C)n1. The summed E-state index contributed by atoms with van der Waals surface area (Å²) in [6.07, 6.45) is 5.02. The molecule has 1 saturated carbocycles. The van der Waals surface area contributed by atoms with E-state index in [0.717, 1.165) is 5.82 Å². The standard InChI is InChI=1S/C15H25N3O2/c1-11(2)9-20-15-8-13(16-12-6-4-5-7-12)17-14(18-15)10-19-3/h8,11-12H,4-7,9-10H2,1-3H3,(H,16,17,18). The van der Waals surface area contributed by atoms with Gasteiger partial charge >= 0.3 is 0 Å². The summed E-state index contributed by atoms with van der Waals surface area (Å²) in [5, 5.41) is 3.48. The smallest absolute Gasteiger partial charge is 0.218 e. The van der Waals surface area contributed by atoms with Gasteiger partial charge in [-0.25, -0.2) is 4.98 Å². The summed E-state index contributed by atoms with van der Waals surface area (Å²) >= 11 is 0. The van der Waals surface area contributed by atoms with Crippen molar-refractivity contribution in [1.29, 1.82) is 0 Å². The molecular weight excluding hydrogens is 254 g/mol. The lowest BCUT2D eigenvalue weighted by molar-refractivity contribution is 0.175. The van der Waals surface area contributed by atoms with Crippen LogP contribution in [0.1, 0.15) is 45.4 Å². The first-order valence-corrected chi connectivity index (χ1v) is 7.43. The van der Waals surface area contributed by atoms with Gasteiger partial charge in [-0.2, -0.15) is 4.98 Å². The van der Waals surface area contributed by atoms with Crippen molar-refractivity contribution in [1.82, 2.24) is 9.97 Å². The Labute approximate surface area is 121 Å². The van der Waals surface area contributed by atoms with Gasteiger partial charge in [0.1, 0.15) is 12.4 Å². The number of methoxy groups -OCH3 is 1. The van der Waals surface area contributed by atoms with Gasteiger partial charge in [-0.15, -0.1) is 0 Å². The van der Waals surface area contributed by atoms with E-state index >= 15 is 0 Å². The molecule has 0 saturated heterocycles. The first-order valence-electron chi connectivity index (χ1n) is 7.43. The second kappa shape index (κ2) is 7.43. The zero-order valence-corrected chi connectivity index (χ0v) is 12.7. The quantitative estimate of drug-likeness (QED) is 0.831. The summed E-state index contributed by atoms with van der Waals surface area (Å²) in [4.78, 5) is 8.86. The molecule has 0 spiro atoms. The number of hydrogen-bond donors (Lipinski definition) is 1. The molecule has 0 radical (unpaired) electrons. The van der Waals surface area contributed by atoms with E-state index in [2.05, 4.69) is 29.1 Å². The van der Waals surface area contributed by atoms with Gasteiger partial charge in [-0.1, -0.05) is 26.7 Å². The van der Waals surface area contributed by atoms with E-state index < -0.39 is 0 Å². The Kier molecular flexibility index (Phi) is 5.59. The van der Waals surface area contributed by atoms with Crippen molar-refractivity contribution in [3.05, 3.63) is 11.9 Å². The molecular formula is C15H25N3O2. The van der Waals surface area contributed by atoms with Crippen molar-refractivity contribution in [2.24, 2.45) is 5.92 Å². The highest BCUT2D eigenvalue weighted by molar-refractivity contribution is 5.39. The maximum absolute atomic E-state index is 5.71. The average molecular weight is 279 g/mol. The molecule has 5 heteroatoms. The third-order valence-corrected chi connectivity index (χ3v) is 3.29. The molecule has 0 atom stereocenters. The Morgan fingerprint density at radius 1 is 1.30 bits per heavy atom. The van der Waals surface area contributed by atoms with Crippen LogP contribution in [0.5, 0.6) is 5.88 Å². The van der Waals surface area contributed by atoms with E-state index in [-0.39, 0.29) is 0 Å². The molecule has 1 aromatic rings. The fourth-order valence-corrected chi connectivity index (χ4v) is 2.35. The van der Waals surface area contributed by atoms with Crippen LogP contribution in [0.15, 0.2) is 6.07 Å². The zero-order chi connectivity index (χ0) is 14.4. The summed E-state index contributed by atoms with van der Waals surface area (Å²) in [5.41, 5.74) is 0. The van der Waals surface area contributed by atoms with E-state index in [4.69, 9.17) is 9.47 Å². The highest BCUT2D eigenvalue weighted by Gasteiger charge is 2.16. The van der Waals surface area contributed by atoms with Crippen LogP contribution in [-0.2, 0) is 11.3 Å². The van der Waals surface area contributed by atoms with Crippen LogP contribution < -0.4 is 10.1 Å². The zero-order valence-electron chi connectivity index (χ0n) is 12.7. The number of nitrogens with one attached hydrogen (secondary N) is 1. The van der Waals surface area contributed by atoms with Crippen LogP contribution in [0.3, 0.4) is 0 Å². The highest BCUT2D eigenvalue weighted by atomic mass is 16.5. The summed E-state index contributed by atoms with van der Waals surface area (Å²) < 4.78 is 10.8. The van der Waals surface area contributed by atoms with Crippen molar-refractivity contribution in [3.63, 3.8) is 0 Å². The number of ether oxygens (including phenoxy) is 2. The maximum Gasteiger partial charge on any atom is 0.218 e. The Morgan fingerprint density at radius 3 is 2.70 bits per heavy atom. The van der Waals surface area contributed by atoms with E-state index in [1.54, 1.807) is 7.11 Å². The maximum atomic E-state index is 5.71. The first kappa shape index (κ1) is 15.0. The van der Waals surface area contributed by atoms with E-state index in [9.17, 15) is 0 Å². The Balaban J connectivity index is 2.07. The number of hydrogen-bond acceptors (Lipinski definition) is 5. The molecule has 20 heavy (non-hydrogen) atoms. The van der Waals surface area contributed by atoms with Gasteiger partial charge in [-0.05, 0) is 18.8 Å². The fourth-order valence-electron chi connectivity index (χ4n) is 2.35. The van der Waals surface area contributed by atoms with Gasteiger partial charge in [0.05, 0.1) is 6.61 Å². The molecule has 0 bridgehead atoms. The van der Waals surface area contributed by atoms with Gasteiger partial charge in [0, 0.05) is 19.2 Å². The molecule has 1 aliphatic carbocycles. The molecule has 0 amide bonds. The third kappa shape index (κ3) is 4.63. The minimum absolute atomic E-state index is 0.401. The van der Waals surface area contributed by atoms with Crippen molar-refractivity contribution in [2.75, 3.05) is 19.0 Å². The second-order valence-electron chi connectivity index (χ2n) is 5.77. The molecule has 1 N–H and O–H groups in total. The van der Waals surface area contributed by atoms with Gasteiger partial charge < -0.3 is 14.8 Å². The minimum atomic E-state index is 0.401. The monoisotopic (exact) mass is 279 g/mol. The number of nitrogens with zero attached hydrogens (tertiary/aromatic N) is 2. The van der Waals surface area contributed by atoms with Crippen LogP contribution in [0, 0.1) is 5.92 Å². The molecule has 1 fully saturated rings. The Bertz CT molecular complexity index is 418. The van der Waals surface area contributed by atoms with Crippen LogP contribution >= 0.6 is 0 Å². The topological polar surface area (TPSA) is 56.3 Å². The van der Waals surface area contributed by atoms with Crippen LogP contribution in [0.2, 0.25) is 0 Å². The lowest BCUT2D eigenvalue weighted by atomic mass is 10.2. The Morgan fingerprint density at radius 2 is 2.05 bits per heavy atom. The Hall–Kier alpha value is -1.36. The molecule has 1 heterocycles. The number of aromatic nitrogens is 2. The summed E-state index contributed by atoms with van der Waals surface area (Å²) in [7, 11) is 1.65. The molecule has 5 nitrogen and oxygen atoms in total. The first-order chi connectivity index (χ1) is 9.67. The summed E-state index contributed by atoms with van der Waals surface area (Å²) in [6, 6.07) is 2.41. The number of anilines is 1. The van der Waals surface area contributed by atoms with Crippen LogP contribution in [0.25, 0.3) is 0 Å². The van der Waals surface area contributed by atoms with Crippen LogP contribution in [-0.4, -0.2) is 29.7 Å². The molecule has 2 rings (SSSR count). The average Bonchev–Trinajstić information content (AvgIpc) is 2.89. The summed E-state index contributed by atoms with van der Waals surface area (Å²) in [5.74, 6) is 2.61. The third-order valence-electron chi connectivity index (χ3n) is 3.29. The largest absolute Gasteiger partial charge is 0.477 e. The van der Waals surface area contributed by atoms with E-state index in [0.29, 0.717) is 36.9 Å². The predicted octanol–water partition coefficient (Wildman–Crippen LogP) is 3.01. The lowest BCUT2D eigenvalue weighted by Gasteiger charge is -2.15. The van der Waals surface area contributed by atoms with Gasteiger partial charge in [0.15, 0.2) is 5.82 Å². The van der Waals surface area contributed by atoms with Crippen molar-refractivity contribution < 1.29 is 9.47 Å². The molecule has 0 unspecified atom stereocenters. The number of rotatable bonds is 7. The molecule has 112 valence electrons. The fraction of sp³-hybridized carbons (Fsp3) is 0.733. The van der Waals surface area contributed by atoms with Crippen molar-refractivity contribution >= 4 is 5.82 Å². The highest BCUT2D eigenvalue weighted by Crippen LogP contribution is 2.23. The van der Waals surface area contributed by atoms with Gasteiger partial charge in [0.25, 0.3) is 0 Å². The summed E-state index contributed by atoms with van der Waals surface area (Å²) in [6.45, 7) is 5.30. The van der Waals surface area contributed by atoms with E-state index in [1.165, 1.54) is 25.7 Å². The predicted molar refractivity (Wildman–Crippen MR) is 79.0 cm³/mol. The molecule has 0 aliphatic heterocycles. The molecule has 1 aliphatic rings. The van der Waals surface area contributed by atoms with E-state index in [1.807, 2.05) is 6.07 Å². The van der Waals surface area contributed by atoms with Crippen LogP contribution in [0.4, 0.5) is 5.82 Å².